The Bertz CT molecular complexity index is 680. The van der Waals surface area contributed by atoms with Crippen LogP contribution in [0.3, 0.4) is 0 Å². The van der Waals surface area contributed by atoms with Gasteiger partial charge >= 0.3 is 0 Å². The number of ether oxygens (including phenoxy) is 1. The molecule has 0 N–H and O–H groups in total. The number of aromatic nitrogens is 2. The predicted molar refractivity (Wildman–Crippen MR) is 79.1 cm³/mol. The van der Waals surface area contributed by atoms with Crippen LogP contribution in [-0.2, 0) is 0 Å². The third-order valence-electron chi connectivity index (χ3n) is 2.91. The van der Waals surface area contributed by atoms with Gasteiger partial charge in [0.15, 0.2) is 0 Å². The van der Waals surface area contributed by atoms with E-state index in [1.165, 1.54) is 0 Å². The van der Waals surface area contributed by atoms with Crippen LogP contribution in [0.2, 0.25) is 0 Å². The summed E-state index contributed by atoms with van der Waals surface area (Å²) >= 11 is 8.96. The number of benzene rings is 1. The first-order valence-electron chi connectivity index (χ1n) is 5.58. The Hall–Kier alpha value is -1.20. The lowest BCUT2D eigenvalue weighted by molar-refractivity contribution is 0.147. The van der Waals surface area contributed by atoms with E-state index in [9.17, 15) is 0 Å². The Morgan fingerprint density at radius 1 is 1.06 bits per heavy atom. The molecular weight excluding hydrogens is 264 g/mol. The summed E-state index contributed by atoms with van der Waals surface area (Å²) in [6.45, 7) is 3.87. The van der Waals surface area contributed by atoms with Crippen molar-refractivity contribution >= 4 is 41.2 Å². The van der Waals surface area contributed by atoms with Gasteiger partial charge in [0.25, 0.3) is 0 Å². The molecule has 92 valence electrons. The average Bonchev–Trinajstić information content (AvgIpc) is 2.34. The Labute approximate surface area is 116 Å². The lowest BCUT2D eigenvalue weighted by Crippen LogP contribution is -2.33. The highest BCUT2D eigenvalue weighted by Crippen LogP contribution is 2.42. The first-order chi connectivity index (χ1) is 8.49. The summed E-state index contributed by atoms with van der Waals surface area (Å²) in [6, 6.07) is 7.69. The summed E-state index contributed by atoms with van der Waals surface area (Å²) in [7, 11) is 0. The fourth-order valence-corrected chi connectivity index (χ4v) is 2.46. The number of para-hydroxylation sites is 2. The number of hydrogen-bond acceptors (Lipinski definition) is 5. The second-order valence-corrected chi connectivity index (χ2v) is 5.57. The van der Waals surface area contributed by atoms with Gasteiger partial charge in [-0.25, -0.2) is 9.97 Å². The fraction of sp³-hybridized carbons (Fsp3) is 0.231. The van der Waals surface area contributed by atoms with E-state index >= 15 is 0 Å². The van der Waals surface area contributed by atoms with Gasteiger partial charge in [-0.2, -0.15) is 0 Å². The van der Waals surface area contributed by atoms with E-state index in [2.05, 4.69) is 35.2 Å². The monoisotopic (exact) mass is 276 g/mol. The first-order valence-corrected chi connectivity index (χ1v) is 6.47. The van der Waals surface area contributed by atoms with Crippen molar-refractivity contribution in [2.45, 2.75) is 19.4 Å². The van der Waals surface area contributed by atoms with Gasteiger partial charge in [0.2, 0.25) is 5.88 Å². The number of nitrogens with zero attached hydrogens (tertiary/aromatic N) is 2. The highest BCUT2D eigenvalue weighted by atomic mass is 32.1. The molecule has 3 nitrogen and oxygen atoms in total. The minimum Gasteiger partial charge on any atom is -0.465 e. The first kappa shape index (κ1) is 11.9. The Morgan fingerprint density at radius 3 is 2.33 bits per heavy atom. The molecule has 2 aromatic rings. The molecular formula is C13H12N2OS2. The normalized spacial score (nSPS) is 17.6. The van der Waals surface area contributed by atoms with E-state index in [0.29, 0.717) is 11.6 Å². The summed E-state index contributed by atoms with van der Waals surface area (Å²) in [5, 5.41) is 0. The summed E-state index contributed by atoms with van der Waals surface area (Å²) < 4.78 is 5.85. The summed E-state index contributed by atoms with van der Waals surface area (Å²) in [4.78, 5) is 10.5. The van der Waals surface area contributed by atoms with Crippen molar-refractivity contribution in [3.05, 3.63) is 34.9 Å². The van der Waals surface area contributed by atoms with Crippen molar-refractivity contribution in [3.8, 4) is 5.88 Å². The van der Waals surface area contributed by atoms with Gasteiger partial charge in [-0.3, -0.25) is 0 Å². The predicted octanol–water partition coefficient (Wildman–Crippen LogP) is 3.33. The van der Waals surface area contributed by atoms with Crippen molar-refractivity contribution < 1.29 is 4.74 Å². The highest BCUT2D eigenvalue weighted by molar-refractivity contribution is 7.93. The van der Waals surface area contributed by atoms with Crippen LogP contribution in [0.25, 0.3) is 15.9 Å². The maximum absolute atomic E-state index is 5.85. The molecule has 3 rings (SSSR count). The molecule has 0 saturated heterocycles. The van der Waals surface area contributed by atoms with Crippen LogP contribution in [0.1, 0.15) is 19.5 Å². The molecule has 18 heavy (non-hydrogen) atoms. The molecule has 0 aliphatic carbocycles. The van der Waals surface area contributed by atoms with Crippen LogP contribution >= 0.6 is 25.3 Å². The van der Waals surface area contributed by atoms with Crippen molar-refractivity contribution in [1.29, 1.82) is 0 Å². The lowest BCUT2D eigenvalue weighted by Gasteiger charge is -2.32. The molecule has 1 aromatic carbocycles. The third-order valence-corrected chi connectivity index (χ3v) is 4.28. The van der Waals surface area contributed by atoms with Crippen LogP contribution < -0.4 is 4.74 Å². The van der Waals surface area contributed by atoms with E-state index in [1.807, 2.05) is 38.1 Å². The molecule has 0 saturated carbocycles. The van der Waals surface area contributed by atoms with E-state index in [-0.39, 0.29) is 0 Å². The number of rotatable bonds is 0. The molecule has 0 bridgehead atoms. The van der Waals surface area contributed by atoms with Gasteiger partial charge in [0.05, 0.1) is 11.0 Å². The SMILES string of the molecule is CC1(C)Oc2nc3ccccc3nc2C(S)=C1S. The lowest BCUT2D eigenvalue weighted by atomic mass is 10.1. The molecule has 0 fully saturated rings. The van der Waals surface area contributed by atoms with Crippen LogP contribution in [0.5, 0.6) is 5.88 Å². The molecule has 1 aliphatic heterocycles. The van der Waals surface area contributed by atoms with Crippen molar-refractivity contribution in [2.24, 2.45) is 0 Å². The average molecular weight is 276 g/mol. The summed E-state index contributed by atoms with van der Waals surface area (Å²) in [5.41, 5.74) is 1.77. The smallest absolute Gasteiger partial charge is 0.242 e. The van der Waals surface area contributed by atoms with E-state index < -0.39 is 5.60 Å². The number of fused-ring (bicyclic) bond motifs is 2. The maximum atomic E-state index is 5.85. The fourth-order valence-electron chi connectivity index (χ4n) is 1.90. The zero-order valence-electron chi connectivity index (χ0n) is 10.0. The van der Waals surface area contributed by atoms with Crippen molar-refractivity contribution in [1.82, 2.24) is 9.97 Å². The van der Waals surface area contributed by atoms with E-state index in [1.54, 1.807) is 0 Å². The van der Waals surface area contributed by atoms with E-state index in [0.717, 1.165) is 20.8 Å². The third kappa shape index (κ3) is 1.69. The standard InChI is InChI=1S/C13H12N2OS2/c1-13(2)11(18)10(17)9-12(16-13)15-8-6-4-3-5-7(8)14-9/h3-6,17-18H,1-2H3. The highest BCUT2D eigenvalue weighted by Gasteiger charge is 2.34. The summed E-state index contributed by atoms with van der Waals surface area (Å²) in [6.07, 6.45) is 0. The quantitative estimate of drug-likeness (QED) is 0.724. The number of thiol groups is 2. The van der Waals surface area contributed by atoms with Gasteiger partial charge in [0, 0.05) is 9.81 Å². The largest absolute Gasteiger partial charge is 0.465 e. The van der Waals surface area contributed by atoms with Crippen LogP contribution in [0, 0.1) is 0 Å². The molecule has 0 amide bonds. The minimum absolute atomic E-state index is 0.515. The zero-order valence-corrected chi connectivity index (χ0v) is 11.8. The van der Waals surface area contributed by atoms with Gasteiger partial charge in [-0.15, -0.1) is 25.3 Å². The topological polar surface area (TPSA) is 35.0 Å². The molecule has 2 heterocycles. The van der Waals surface area contributed by atoms with Crippen molar-refractivity contribution in [2.75, 3.05) is 0 Å². The maximum Gasteiger partial charge on any atom is 0.242 e. The van der Waals surface area contributed by atoms with E-state index in [4.69, 9.17) is 4.74 Å². The second-order valence-electron chi connectivity index (χ2n) is 4.68. The van der Waals surface area contributed by atoms with Crippen molar-refractivity contribution in [3.63, 3.8) is 0 Å². The van der Waals surface area contributed by atoms with Gasteiger partial charge in [-0.05, 0) is 26.0 Å². The summed E-state index contributed by atoms with van der Waals surface area (Å²) in [5.74, 6) is 0.515. The Morgan fingerprint density at radius 2 is 1.67 bits per heavy atom. The Kier molecular flexibility index (Phi) is 2.57. The minimum atomic E-state index is -0.523. The molecule has 0 atom stereocenters. The van der Waals surface area contributed by atoms with Gasteiger partial charge < -0.3 is 4.74 Å². The molecule has 1 aliphatic rings. The molecule has 0 unspecified atom stereocenters. The number of hydrogen-bond donors (Lipinski definition) is 2. The van der Waals surface area contributed by atoms with Gasteiger partial charge in [-0.1, -0.05) is 12.1 Å². The van der Waals surface area contributed by atoms with Crippen LogP contribution in [0.4, 0.5) is 0 Å². The Balaban J connectivity index is 2.32. The van der Waals surface area contributed by atoms with Crippen LogP contribution in [0.15, 0.2) is 29.2 Å². The molecule has 1 aromatic heterocycles. The molecule has 0 radical (unpaired) electrons. The molecule has 5 heteroatoms. The molecule has 0 spiro atoms. The van der Waals surface area contributed by atoms with Crippen LogP contribution in [-0.4, -0.2) is 15.6 Å². The second kappa shape index (κ2) is 3.90. The zero-order chi connectivity index (χ0) is 12.9. The van der Waals surface area contributed by atoms with Gasteiger partial charge in [0.1, 0.15) is 11.3 Å².